The quantitative estimate of drug-likeness (QED) is 0.553. The number of hydrogen-bond acceptors (Lipinski definition) is 0. The van der Waals surface area contributed by atoms with Gasteiger partial charge >= 0.3 is 0 Å². The summed E-state index contributed by atoms with van der Waals surface area (Å²) in [5, 5.41) is 0. The molecule has 0 heterocycles. The van der Waals surface area contributed by atoms with Crippen molar-refractivity contribution in [2.45, 2.75) is 20.3 Å². The van der Waals surface area contributed by atoms with Crippen LogP contribution < -0.4 is 0 Å². The first kappa shape index (κ1) is 9.79. The Morgan fingerprint density at radius 1 is 1.38 bits per heavy atom. The summed E-state index contributed by atoms with van der Waals surface area (Å²) in [6.45, 7) is 7.97. The summed E-state index contributed by atoms with van der Waals surface area (Å²) in [6, 6.07) is 0. The van der Waals surface area contributed by atoms with E-state index in [4.69, 9.17) is 0 Å². The van der Waals surface area contributed by atoms with Gasteiger partial charge < -0.3 is 0 Å². The zero-order chi connectivity index (χ0) is 9.68. The van der Waals surface area contributed by atoms with E-state index in [0.29, 0.717) is 0 Å². The third kappa shape index (κ3) is 2.90. The lowest BCUT2D eigenvalue weighted by Gasteiger charge is -2.02. The van der Waals surface area contributed by atoms with E-state index in [1.54, 1.807) is 0 Å². The molecule has 68 valence electrons. The molecule has 0 saturated heterocycles. The molecule has 0 aromatic heterocycles. The van der Waals surface area contributed by atoms with Crippen molar-refractivity contribution in [3.8, 4) is 0 Å². The third-order valence-corrected chi connectivity index (χ3v) is 2.14. The van der Waals surface area contributed by atoms with Gasteiger partial charge in [-0.2, -0.15) is 0 Å². The fourth-order valence-corrected chi connectivity index (χ4v) is 1.34. The highest BCUT2D eigenvalue weighted by molar-refractivity contribution is 5.40. The second-order valence-electron chi connectivity index (χ2n) is 3.35. The lowest BCUT2D eigenvalue weighted by atomic mass is 10.0. The van der Waals surface area contributed by atoms with Crippen LogP contribution in [0.3, 0.4) is 0 Å². The summed E-state index contributed by atoms with van der Waals surface area (Å²) in [5.41, 5.74) is 4.12. The lowest BCUT2D eigenvalue weighted by Crippen LogP contribution is -1.83. The molecule has 0 aromatic rings. The summed E-state index contributed by atoms with van der Waals surface area (Å²) < 4.78 is 0. The average Bonchev–Trinajstić information content (AvgIpc) is 2.25. The van der Waals surface area contributed by atoms with E-state index in [1.807, 2.05) is 12.2 Å². The van der Waals surface area contributed by atoms with E-state index in [1.165, 1.54) is 16.7 Å². The summed E-state index contributed by atoms with van der Waals surface area (Å²) in [5.74, 6) is 0. The van der Waals surface area contributed by atoms with Crippen LogP contribution in [0.1, 0.15) is 20.3 Å². The van der Waals surface area contributed by atoms with Crippen LogP contribution in [0.2, 0.25) is 0 Å². The molecular formula is C13H16. The fraction of sp³-hybridized carbons (Fsp3) is 0.231. The lowest BCUT2D eigenvalue weighted by molar-refractivity contribution is 1.14. The fourth-order valence-electron chi connectivity index (χ4n) is 1.34. The highest BCUT2D eigenvalue weighted by Gasteiger charge is 2.00. The van der Waals surface area contributed by atoms with Crippen molar-refractivity contribution >= 4 is 0 Å². The standard InChI is InChI=1S/C13H16/c1-4-5-9-13-10-11(2)7-6-8-12(13)3/h4-9H,1,10H2,2-3H3. The molecule has 0 atom stereocenters. The van der Waals surface area contributed by atoms with Gasteiger partial charge in [-0.1, -0.05) is 48.6 Å². The van der Waals surface area contributed by atoms with E-state index >= 15 is 0 Å². The Hall–Kier alpha value is -1.30. The van der Waals surface area contributed by atoms with E-state index in [-0.39, 0.29) is 0 Å². The Morgan fingerprint density at radius 3 is 2.85 bits per heavy atom. The maximum atomic E-state index is 3.67. The van der Waals surface area contributed by atoms with Gasteiger partial charge in [0, 0.05) is 0 Å². The van der Waals surface area contributed by atoms with Crippen LogP contribution in [-0.2, 0) is 0 Å². The topological polar surface area (TPSA) is 0 Å². The maximum absolute atomic E-state index is 3.67. The van der Waals surface area contributed by atoms with E-state index in [9.17, 15) is 0 Å². The molecule has 1 rings (SSSR count). The average molecular weight is 172 g/mol. The zero-order valence-corrected chi connectivity index (χ0v) is 8.38. The van der Waals surface area contributed by atoms with Gasteiger partial charge in [-0.15, -0.1) is 0 Å². The van der Waals surface area contributed by atoms with Crippen LogP contribution in [0, 0.1) is 0 Å². The van der Waals surface area contributed by atoms with E-state index in [2.05, 4.69) is 44.7 Å². The van der Waals surface area contributed by atoms with Gasteiger partial charge in [-0.3, -0.25) is 0 Å². The number of rotatable bonds is 2. The predicted octanol–water partition coefficient (Wildman–Crippen LogP) is 3.95. The molecule has 0 aromatic carbocycles. The van der Waals surface area contributed by atoms with Gasteiger partial charge in [0.15, 0.2) is 0 Å². The smallest absolute Gasteiger partial charge is 0.00641 e. The van der Waals surface area contributed by atoms with Crippen molar-refractivity contribution in [1.29, 1.82) is 0 Å². The van der Waals surface area contributed by atoms with Gasteiger partial charge in [0.1, 0.15) is 0 Å². The first-order valence-corrected chi connectivity index (χ1v) is 4.56. The summed E-state index contributed by atoms with van der Waals surface area (Å²) in [7, 11) is 0. The second kappa shape index (κ2) is 4.66. The van der Waals surface area contributed by atoms with Gasteiger partial charge in [-0.25, -0.2) is 0 Å². The summed E-state index contributed by atoms with van der Waals surface area (Å²) in [4.78, 5) is 0. The molecule has 0 saturated carbocycles. The van der Waals surface area contributed by atoms with E-state index < -0.39 is 0 Å². The van der Waals surface area contributed by atoms with Crippen molar-refractivity contribution < 1.29 is 0 Å². The molecule has 0 heteroatoms. The molecule has 0 bridgehead atoms. The molecule has 0 fully saturated rings. The van der Waals surface area contributed by atoms with Crippen molar-refractivity contribution in [3.63, 3.8) is 0 Å². The highest BCUT2D eigenvalue weighted by Crippen LogP contribution is 2.20. The Bertz CT molecular complexity index is 309. The molecule has 1 aliphatic carbocycles. The Balaban J connectivity index is 2.92. The highest BCUT2D eigenvalue weighted by atomic mass is 14.1. The number of allylic oxidation sites excluding steroid dienone is 9. The van der Waals surface area contributed by atoms with Crippen LogP contribution in [0.4, 0.5) is 0 Å². The van der Waals surface area contributed by atoms with Crippen molar-refractivity contribution in [2.24, 2.45) is 0 Å². The molecule has 0 aliphatic heterocycles. The largest absolute Gasteiger partial charge is 0.0991 e. The maximum Gasteiger partial charge on any atom is -0.00641 e. The van der Waals surface area contributed by atoms with Crippen molar-refractivity contribution in [1.82, 2.24) is 0 Å². The molecule has 0 nitrogen and oxygen atoms in total. The zero-order valence-electron chi connectivity index (χ0n) is 8.38. The van der Waals surface area contributed by atoms with Gasteiger partial charge in [-0.05, 0) is 31.4 Å². The third-order valence-electron chi connectivity index (χ3n) is 2.14. The normalized spacial score (nSPS) is 17.5. The van der Waals surface area contributed by atoms with Crippen LogP contribution in [0.5, 0.6) is 0 Å². The first-order chi connectivity index (χ1) is 6.24. The number of hydrogen-bond donors (Lipinski definition) is 0. The first-order valence-electron chi connectivity index (χ1n) is 4.56. The van der Waals surface area contributed by atoms with Crippen LogP contribution in [0.15, 0.2) is 59.8 Å². The minimum Gasteiger partial charge on any atom is -0.0991 e. The molecule has 0 radical (unpaired) electrons. The molecular weight excluding hydrogens is 156 g/mol. The molecule has 0 amide bonds. The molecule has 1 aliphatic rings. The monoisotopic (exact) mass is 172 g/mol. The second-order valence-corrected chi connectivity index (χ2v) is 3.35. The SMILES string of the molecule is C=CC=CC1=C(C)C=CC=C(C)C1. The molecule has 0 unspecified atom stereocenters. The molecule has 0 N–H and O–H groups in total. The van der Waals surface area contributed by atoms with Crippen LogP contribution in [0.25, 0.3) is 0 Å². The summed E-state index contributed by atoms with van der Waals surface area (Å²) in [6.07, 6.45) is 13.4. The van der Waals surface area contributed by atoms with Crippen LogP contribution >= 0.6 is 0 Å². The molecule has 0 spiro atoms. The van der Waals surface area contributed by atoms with Crippen LogP contribution in [-0.4, -0.2) is 0 Å². The Kier molecular flexibility index (Phi) is 3.51. The van der Waals surface area contributed by atoms with Crippen molar-refractivity contribution in [3.05, 3.63) is 59.8 Å². The molecule has 13 heavy (non-hydrogen) atoms. The Labute approximate surface area is 80.7 Å². The van der Waals surface area contributed by atoms with Gasteiger partial charge in [0.2, 0.25) is 0 Å². The van der Waals surface area contributed by atoms with E-state index in [0.717, 1.165) is 6.42 Å². The van der Waals surface area contributed by atoms with Crippen molar-refractivity contribution in [2.75, 3.05) is 0 Å². The van der Waals surface area contributed by atoms with Gasteiger partial charge in [0.05, 0.1) is 0 Å². The minimum absolute atomic E-state index is 1.04. The Morgan fingerprint density at radius 2 is 2.15 bits per heavy atom. The van der Waals surface area contributed by atoms with Gasteiger partial charge in [0.25, 0.3) is 0 Å². The minimum atomic E-state index is 1.04. The predicted molar refractivity (Wildman–Crippen MR) is 59.6 cm³/mol. The summed E-state index contributed by atoms with van der Waals surface area (Å²) >= 11 is 0.